The molecule has 1 fully saturated rings. The van der Waals surface area contributed by atoms with E-state index < -0.39 is 17.2 Å². The molecule has 212 valence electrons. The molecule has 3 N–H and O–H groups in total. The Labute approximate surface area is 245 Å². The number of benzene rings is 2. The van der Waals surface area contributed by atoms with Crippen LogP contribution in [0.4, 0.5) is 0 Å². The number of primary amides is 1. The first-order chi connectivity index (χ1) is 19.5. The highest BCUT2D eigenvalue weighted by molar-refractivity contribution is 6.41. The number of methoxy groups -OCH3 is 1. The topological polar surface area (TPSA) is 133 Å². The van der Waals surface area contributed by atoms with E-state index in [2.05, 4.69) is 9.88 Å². The average Bonchev–Trinajstić information content (AvgIpc) is 2.93. The van der Waals surface area contributed by atoms with Crippen molar-refractivity contribution in [1.29, 1.82) is 0 Å². The zero-order valence-electron chi connectivity index (χ0n) is 22.5. The van der Waals surface area contributed by atoms with Crippen LogP contribution in [-0.2, 0) is 20.6 Å². The normalized spacial score (nSPS) is 13.7. The van der Waals surface area contributed by atoms with Gasteiger partial charge in [-0.25, -0.2) is 4.79 Å². The van der Waals surface area contributed by atoms with E-state index in [0.717, 1.165) is 10.1 Å². The summed E-state index contributed by atoms with van der Waals surface area (Å²) in [6.07, 6.45) is 1.40. The minimum Gasteiger partial charge on any atom is -0.496 e. The molecule has 0 radical (unpaired) electrons. The van der Waals surface area contributed by atoms with Crippen molar-refractivity contribution in [2.24, 2.45) is 19.8 Å². The number of aliphatic hydroxyl groups excluding tert-OH is 1. The number of amides is 1. The van der Waals surface area contributed by atoms with Crippen LogP contribution in [0.3, 0.4) is 0 Å². The maximum Gasteiger partial charge on any atom is 0.330 e. The Morgan fingerprint density at radius 2 is 1.80 bits per heavy atom. The van der Waals surface area contributed by atoms with E-state index in [0.29, 0.717) is 63.4 Å². The second-order valence-corrected chi connectivity index (χ2v) is 10.7. The summed E-state index contributed by atoms with van der Waals surface area (Å²) in [6.45, 7) is 1.77. The predicted molar refractivity (Wildman–Crippen MR) is 157 cm³/mol. The van der Waals surface area contributed by atoms with E-state index in [1.807, 2.05) is 6.07 Å². The first kappa shape index (κ1) is 28.6. The Balaban J connectivity index is 1.60. The van der Waals surface area contributed by atoms with Gasteiger partial charge in [-0.05, 0) is 23.3 Å². The van der Waals surface area contributed by atoms with Gasteiger partial charge in [0.1, 0.15) is 11.3 Å². The van der Waals surface area contributed by atoms with Gasteiger partial charge in [0.2, 0.25) is 0 Å². The first-order valence-electron chi connectivity index (χ1n) is 12.6. The number of pyridine rings is 1. The molecule has 2 aromatic carbocycles. The molecule has 0 spiro atoms. The summed E-state index contributed by atoms with van der Waals surface area (Å²) >= 11 is 13.6. The Hall–Kier alpha value is -3.96. The lowest BCUT2D eigenvalue weighted by molar-refractivity contribution is -0.00327. The molecule has 0 saturated carbocycles. The molecule has 4 aromatic rings. The van der Waals surface area contributed by atoms with E-state index in [-0.39, 0.29) is 17.4 Å². The van der Waals surface area contributed by atoms with Crippen LogP contribution in [0, 0.1) is 0 Å². The fraction of sp³-hybridized carbons (Fsp3) is 0.241. The monoisotopic (exact) mass is 595 g/mol. The van der Waals surface area contributed by atoms with Crippen LogP contribution in [0.5, 0.6) is 5.75 Å². The summed E-state index contributed by atoms with van der Waals surface area (Å²) in [5.41, 5.74) is 7.56. The highest BCUT2D eigenvalue weighted by Gasteiger charge is 2.26. The molecule has 3 heterocycles. The lowest BCUT2D eigenvalue weighted by atomic mass is 9.97. The van der Waals surface area contributed by atoms with Crippen LogP contribution in [-0.4, -0.2) is 56.3 Å². The summed E-state index contributed by atoms with van der Waals surface area (Å²) in [7, 11) is 4.33. The minimum absolute atomic E-state index is 0.106. The molecule has 1 aliphatic rings. The van der Waals surface area contributed by atoms with Gasteiger partial charge in [0.15, 0.2) is 0 Å². The molecule has 12 heteroatoms. The molecule has 0 aliphatic carbocycles. The van der Waals surface area contributed by atoms with Gasteiger partial charge < -0.3 is 15.6 Å². The number of nitrogens with zero attached hydrogens (tertiary/aromatic N) is 4. The minimum atomic E-state index is -0.942. The lowest BCUT2D eigenvalue weighted by Gasteiger charge is -2.35. The van der Waals surface area contributed by atoms with Gasteiger partial charge in [0.05, 0.1) is 34.6 Å². The zero-order chi connectivity index (χ0) is 29.6. The molecule has 1 amide bonds. The number of halogens is 2. The van der Waals surface area contributed by atoms with Gasteiger partial charge in [-0.3, -0.25) is 28.6 Å². The molecular formula is C29H27Cl2N5O5. The van der Waals surface area contributed by atoms with Crippen LogP contribution in [0.15, 0.2) is 58.3 Å². The van der Waals surface area contributed by atoms with Crippen molar-refractivity contribution in [3.05, 3.63) is 90.7 Å². The number of likely N-dealkylation sites (tertiary alicyclic amines) is 1. The van der Waals surface area contributed by atoms with E-state index >= 15 is 0 Å². The molecule has 2 aromatic heterocycles. The van der Waals surface area contributed by atoms with Crippen LogP contribution in [0.25, 0.3) is 33.6 Å². The number of carbonyl (C=O) groups excluding carboxylic acids is 1. The van der Waals surface area contributed by atoms with E-state index in [4.69, 9.17) is 33.7 Å². The van der Waals surface area contributed by atoms with E-state index in [1.54, 1.807) is 49.7 Å². The highest BCUT2D eigenvalue weighted by atomic mass is 35.5. The van der Waals surface area contributed by atoms with Crippen molar-refractivity contribution in [3.63, 3.8) is 0 Å². The maximum absolute atomic E-state index is 12.8. The molecule has 1 saturated heterocycles. The predicted octanol–water partition coefficient (Wildman–Crippen LogP) is 3.07. The van der Waals surface area contributed by atoms with Crippen molar-refractivity contribution in [2.75, 3.05) is 20.2 Å². The van der Waals surface area contributed by atoms with Gasteiger partial charge in [-0.2, -0.15) is 0 Å². The number of hydrogen-bond donors (Lipinski definition) is 2. The van der Waals surface area contributed by atoms with Crippen LogP contribution >= 0.6 is 23.2 Å². The summed E-state index contributed by atoms with van der Waals surface area (Å²) in [4.78, 5) is 44.4. The Bertz CT molecular complexity index is 1810. The summed E-state index contributed by atoms with van der Waals surface area (Å²) < 4.78 is 7.68. The highest BCUT2D eigenvalue weighted by Crippen LogP contribution is 2.42. The third kappa shape index (κ3) is 5.15. The van der Waals surface area contributed by atoms with E-state index in [1.165, 1.54) is 18.7 Å². The number of aliphatic hydroxyl groups is 1. The van der Waals surface area contributed by atoms with Crippen LogP contribution < -0.4 is 21.7 Å². The van der Waals surface area contributed by atoms with Gasteiger partial charge in [-0.1, -0.05) is 47.5 Å². The Kier molecular flexibility index (Phi) is 7.76. The molecule has 0 atom stereocenters. The largest absolute Gasteiger partial charge is 0.496 e. The van der Waals surface area contributed by atoms with Crippen molar-refractivity contribution >= 4 is 29.1 Å². The quantitative estimate of drug-likeness (QED) is 0.335. The molecule has 0 unspecified atom stereocenters. The summed E-state index contributed by atoms with van der Waals surface area (Å²) in [6, 6.07) is 12.2. The van der Waals surface area contributed by atoms with Crippen molar-refractivity contribution in [3.8, 4) is 39.4 Å². The molecule has 10 nitrogen and oxygen atoms in total. The third-order valence-electron chi connectivity index (χ3n) is 7.20. The number of rotatable bonds is 7. The van der Waals surface area contributed by atoms with Crippen molar-refractivity contribution in [2.45, 2.75) is 12.6 Å². The number of nitrogens with two attached hydrogens (primary N) is 1. The number of aromatic nitrogens is 3. The smallest absolute Gasteiger partial charge is 0.330 e. The summed E-state index contributed by atoms with van der Waals surface area (Å²) in [5, 5.41) is 10.3. The Morgan fingerprint density at radius 1 is 1.10 bits per heavy atom. The number of carbonyl (C=O) groups is 1. The van der Waals surface area contributed by atoms with E-state index in [9.17, 15) is 19.5 Å². The van der Waals surface area contributed by atoms with Gasteiger partial charge in [-0.15, -0.1) is 0 Å². The number of ether oxygens (including phenoxy) is 1. The standard InChI is InChI=1S/C29H27Cl2N5O5/c1-34-26(24(27(32)38)28(39)35(2)29(34)40)16-6-4-5-15(9-16)19-7-8-20(30)23(25(19)31)21-10-22(41-3)17(11-33-21)12-36-13-18(37)14-36/h4-11,18,37H,12-14H2,1-3H3,(H2,32,38). The van der Waals surface area contributed by atoms with Gasteiger partial charge >= 0.3 is 5.69 Å². The average molecular weight is 596 g/mol. The van der Waals surface area contributed by atoms with Gasteiger partial charge in [0.25, 0.3) is 11.5 Å². The van der Waals surface area contributed by atoms with Crippen molar-refractivity contribution in [1.82, 2.24) is 19.0 Å². The molecular weight excluding hydrogens is 569 g/mol. The molecule has 0 bridgehead atoms. The lowest BCUT2D eigenvalue weighted by Crippen LogP contribution is -2.49. The fourth-order valence-corrected chi connectivity index (χ4v) is 5.75. The molecule has 5 rings (SSSR count). The number of hydrogen-bond acceptors (Lipinski definition) is 7. The molecule has 41 heavy (non-hydrogen) atoms. The van der Waals surface area contributed by atoms with Crippen LogP contribution in [0.1, 0.15) is 15.9 Å². The summed E-state index contributed by atoms with van der Waals surface area (Å²) in [5.74, 6) is -0.330. The first-order valence-corrected chi connectivity index (χ1v) is 13.4. The van der Waals surface area contributed by atoms with Crippen LogP contribution in [0.2, 0.25) is 10.0 Å². The second kappa shape index (κ2) is 11.1. The van der Waals surface area contributed by atoms with Gasteiger partial charge in [0, 0.05) is 62.7 Å². The Morgan fingerprint density at radius 3 is 2.46 bits per heavy atom. The molecule has 1 aliphatic heterocycles. The third-order valence-corrected chi connectivity index (χ3v) is 7.91. The maximum atomic E-state index is 12.8. The zero-order valence-corrected chi connectivity index (χ0v) is 24.0. The van der Waals surface area contributed by atoms with Crippen molar-refractivity contribution < 1.29 is 14.6 Å². The number of β-amino-alcohol motifs (C(OH)–C–C–N with tert-alkyl or cyclic N) is 1. The fourth-order valence-electron chi connectivity index (χ4n) is 5.07. The second-order valence-electron chi connectivity index (χ2n) is 9.89. The SMILES string of the molecule is COc1cc(-c2c(Cl)ccc(-c3cccc(-c4c(C(N)=O)c(=O)n(C)c(=O)n4C)c3)c2Cl)ncc1CN1CC(O)C1.